The molecular weight excluding hydrogens is 345 g/mol. The molecule has 0 saturated carbocycles. The minimum atomic E-state index is -0.354. The highest BCUT2D eigenvalue weighted by atomic mass is 79.9. The monoisotopic (exact) mass is 357 g/mol. The number of hydrogen-bond donors (Lipinski definition) is 1. The molecule has 5 heteroatoms. The normalized spacial score (nSPS) is 12.2. The second-order valence-electron chi connectivity index (χ2n) is 4.41. The highest BCUT2D eigenvalue weighted by Gasteiger charge is 2.15. The Kier molecular flexibility index (Phi) is 5.02. The van der Waals surface area contributed by atoms with Crippen molar-refractivity contribution >= 4 is 27.5 Å². The van der Waals surface area contributed by atoms with E-state index in [0.29, 0.717) is 21.5 Å². The third kappa shape index (κ3) is 3.32. The summed E-state index contributed by atoms with van der Waals surface area (Å²) in [6.07, 6.45) is 0.506. The van der Waals surface area contributed by atoms with E-state index in [2.05, 4.69) is 15.9 Å². The molecule has 0 radical (unpaired) electrons. The van der Waals surface area contributed by atoms with Crippen molar-refractivity contribution in [3.63, 3.8) is 0 Å². The van der Waals surface area contributed by atoms with Crippen LogP contribution >= 0.6 is 27.5 Å². The maximum absolute atomic E-state index is 13.5. The molecule has 2 aromatic carbocycles. The van der Waals surface area contributed by atoms with Gasteiger partial charge in [0.05, 0.1) is 11.6 Å². The zero-order chi connectivity index (χ0) is 14.7. The third-order valence-corrected chi connectivity index (χ3v) is 4.13. The van der Waals surface area contributed by atoms with E-state index in [0.717, 1.165) is 11.3 Å². The van der Waals surface area contributed by atoms with Gasteiger partial charge in [-0.05, 0) is 57.7 Å². The number of benzene rings is 2. The molecule has 1 atom stereocenters. The Labute approximate surface area is 130 Å². The van der Waals surface area contributed by atoms with Crippen molar-refractivity contribution in [3.05, 3.63) is 62.8 Å². The fourth-order valence-electron chi connectivity index (χ4n) is 2.06. The van der Waals surface area contributed by atoms with Crippen molar-refractivity contribution in [1.29, 1.82) is 0 Å². The van der Waals surface area contributed by atoms with Gasteiger partial charge < -0.3 is 10.5 Å². The zero-order valence-corrected chi connectivity index (χ0v) is 13.2. The van der Waals surface area contributed by atoms with E-state index in [-0.39, 0.29) is 11.9 Å². The summed E-state index contributed by atoms with van der Waals surface area (Å²) in [5.74, 6) is 0.397. The molecule has 0 aliphatic carbocycles. The summed E-state index contributed by atoms with van der Waals surface area (Å²) in [7, 11) is 1.59. The summed E-state index contributed by atoms with van der Waals surface area (Å²) in [6, 6.07) is 9.85. The van der Waals surface area contributed by atoms with Crippen LogP contribution in [0.1, 0.15) is 17.2 Å². The van der Waals surface area contributed by atoms with Crippen LogP contribution in [0.2, 0.25) is 5.02 Å². The highest BCUT2D eigenvalue weighted by molar-refractivity contribution is 9.10. The molecule has 0 spiro atoms. The molecule has 20 heavy (non-hydrogen) atoms. The second kappa shape index (κ2) is 6.57. The molecule has 0 heterocycles. The average Bonchev–Trinajstić information content (AvgIpc) is 2.42. The van der Waals surface area contributed by atoms with Gasteiger partial charge in [0.15, 0.2) is 0 Å². The number of methoxy groups -OCH3 is 1. The lowest BCUT2D eigenvalue weighted by molar-refractivity contribution is 0.408. The zero-order valence-electron chi connectivity index (χ0n) is 10.9. The van der Waals surface area contributed by atoms with E-state index in [1.807, 2.05) is 6.07 Å². The van der Waals surface area contributed by atoms with Gasteiger partial charge in [-0.25, -0.2) is 4.39 Å². The SMILES string of the molecule is COc1ccc(Cl)cc1CC(N)c1cccc(F)c1Br. The van der Waals surface area contributed by atoms with Crippen LogP contribution in [-0.4, -0.2) is 7.11 Å². The topological polar surface area (TPSA) is 35.2 Å². The lowest BCUT2D eigenvalue weighted by Crippen LogP contribution is -2.15. The van der Waals surface area contributed by atoms with Crippen LogP contribution in [0.3, 0.4) is 0 Å². The van der Waals surface area contributed by atoms with Gasteiger partial charge in [0, 0.05) is 11.1 Å². The lowest BCUT2D eigenvalue weighted by Gasteiger charge is -2.16. The first-order valence-corrected chi connectivity index (χ1v) is 7.22. The largest absolute Gasteiger partial charge is 0.496 e. The van der Waals surface area contributed by atoms with Crippen molar-refractivity contribution in [1.82, 2.24) is 0 Å². The van der Waals surface area contributed by atoms with Gasteiger partial charge in [0.1, 0.15) is 11.6 Å². The Balaban J connectivity index is 2.30. The van der Waals surface area contributed by atoms with Crippen LogP contribution in [0.5, 0.6) is 5.75 Å². The molecule has 0 saturated heterocycles. The van der Waals surface area contributed by atoms with Crippen LogP contribution < -0.4 is 10.5 Å². The Morgan fingerprint density at radius 1 is 1.35 bits per heavy atom. The second-order valence-corrected chi connectivity index (χ2v) is 5.64. The van der Waals surface area contributed by atoms with Gasteiger partial charge in [0.2, 0.25) is 0 Å². The molecule has 2 rings (SSSR count). The fourth-order valence-corrected chi connectivity index (χ4v) is 2.81. The van der Waals surface area contributed by atoms with Crippen LogP contribution in [-0.2, 0) is 6.42 Å². The summed E-state index contributed by atoms with van der Waals surface area (Å²) in [5.41, 5.74) is 7.78. The first-order chi connectivity index (χ1) is 9.52. The Hall–Kier alpha value is -1.10. The molecule has 106 valence electrons. The van der Waals surface area contributed by atoms with Gasteiger partial charge in [-0.3, -0.25) is 0 Å². The standard InChI is InChI=1S/C15H14BrClFNO/c1-20-14-6-5-10(17)7-9(14)8-13(19)11-3-2-4-12(18)15(11)16/h2-7,13H,8,19H2,1H3. The van der Waals surface area contributed by atoms with Crippen molar-refractivity contribution in [2.75, 3.05) is 7.11 Å². The number of rotatable bonds is 4. The molecule has 2 aromatic rings. The average molecular weight is 359 g/mol. The highest BCUT2D eigenvalue weighted by Crippen LogP contribution is 2.30. The predicted molar refractivity (Wildman–Crippen MR) is 82.7 cm³/mol. The van der Waals surface area contributed by atoms with Gasteiger partial charge in [-0.15, -0.1) is 0 Å². The van der Waals surface area contributed by atoms with E-state index in [1.54, 1.807) is 31.4 Å². The Bertz CT molecular complexity index is 621. The summed E-state index contributed by atoms with van der Waals surface area (Å²) in [4.78, 5) is 0. The molecule has 0 aliphatic rings. The quantitative estimate of drug-likeness (QED) is 0.874. The minimum Gasteiger partial charge on any atom is -0.496 e. The maximum Gasteiger partial charge on any atom is 0.137 e. The molecule has 0 aliphatic heterocycles. The summed E-state index contributed by atoms with van der Waals surface area (Å²) in [6.45, 7) is 0. The molecule has 0 bridgehead atoms. The minimum absolute atomic E-state index is 0.323. The number of halogens is 3. The maximum atomic E-state index is 13.5. The summed E-state index contributed by atoms with van der Waals surface area (Å²) < 4.78 is 19.2. The molecule has 1 unspecified atom stereocenters. The number of hydrogen-bond acceptors (Lipinski definition) is 2. The fraction of sp³-hybridized carbons (Fsp3) is 0.200. The molecule has 0 amide bonds. The van der Waals surface area contributed by atoms with E-state index in [9.17, 15) is 4.39 Å². The van der Waals surface area contributed by atoms with Crippen LogP contribution in [0.25, 0.3) is 0 Å². The van der Waals surface area contributed by atoms with Gasteiger partial charge >= 0.3 is 0 Å². The van der Waals surface area contributed by atoms with E-state index >= 15 is 0 Å². The molecule has 0 fully saturated rings. The van der Waals surface area contributed by atoms with Crippen molar-refractivity contribution in [2.45, 2.75) is 12.5 Å². The Morgan fingerprint density at radius 3 is 2.80 bits per heavy atom. The van der Waals surface area contributed by atoms with E-state index < -0.39 is 0 Å². The predicted octanol–water partition coefficient (Wildman–Crippen LogP) is 4.49. The first-order valence-electron chi connectivity index (χ1n) is 6.05. The van der Waals surface area contributed by atoms with E-state index in [1.165, 1.54) is 6.07 Å². The van der Waals surface area contributed by atoms with Crippen molar-refractivity contribution in [2.24, 2.45) is 5.73 Å². The van der Waals surface area contributed by atoms with Gasteiger partial charge in [-0.1, -0.05) is 23.7 Å². The smallest absolute Gasteiger partial charge is 0.137 e. The first kappa shape index (κ1) is 15.3. The van der Waals surface area contributed by atoms with Gasteiger partial charge in [-0.2, -0.15) is 0 Å². The lowest BCUT2D eigenvalue weighted by atomic mass is 9.99. The molecule has 2 nitrogen and oxygen atoms in total. The summed E-state index contributed by atoms with van der Waals surface area (Å²) >= 11 is 9.23. The van der Waals surface area contributed by atoms with E-state index in [4.69, 9.17) is 22.1 Å². The Morgan fingerprint density at radius 2 is 2.10 bits per heavy atom. The molecular formula is C15H14BrClFNO. The number of ether oxygens (including phenoxy) is 1. The number of nitrogens with two attached hydrogens (primary N) is 1. The van der Waals surface area contributed by atoms with Crippen LogP contribution in [0.4, 0.5) is 4.39 Å². The summed E-state index contributed by atoms with van der Waals surface area (Å²) in [5, 5.41) is 0.617. The van der Waals surface area contributed by atoms with Crippen LogP contribution in [0.15, 0.2) is 40.9 Å². The van der Waals surface area contributed by atoms with Crippen molar-refractivity contribution in [3.8, 4) is 5.75 Å². The van der Waals surface area contributed by atoms with Crippen LogP contribution in [0, 0.1) is 5.82 Å². The van der Waals surface area contributed by atoms with Crippen molar-refractivity contribution < 1.29 is 9.13 Å². The molecule has 2 N–H and O–H groups in total. The third-order valence-electron chi connectivity index (χ3n) is 3.06. The molecule has 0 aromatic heterocycles. The van der Waals surface area contributed by atoms with Gasteiger partial charge in [0.25, 0.3) is 0 Å².